The molecule has 1 amide bonds. The van der Waals surface area contributed by atoms with E-state index in [1.54, 1.807) is 12.1 Å². The molecule has 21 heavy (non-hydrogen) atoms. The summed E-state index contributed by atoms with van der Waals surface area (Å²) in [5.74, 6) is 0.362. The zero-order chi connectivity index (χ0) is 15.2. The predicted molar refractivity (Wildman–Crippen MR) is 87.3 cm³/mol. The molecule has 0 bridgehead atoms. The fourth-order valence-corrected chi connectivity index (χ4v) is 2.43. The van der Waals surface area contributed by atoms with Gasteiger partial charge in [0.15, 0.2) is 0 Å². The zero-order valence-corrected chi connectivity index (χ0v) is 13.1. The van der Waals surface area contributed by atoms with Gasteiger partial charge in [-0.1, -0.05) is 67.9 Å². The van der Waals surface area contributed by atoms with Gasteiger partial charge >= 0.3 is 0 Å². The van der Waals surface area contributed by atoms with Crippen LogP contribution in [0.25, 0.3) is 0 Å². The number of benzene rings is 2. The van der Waals surface area contributed by atoms with Crippen molar-refractivity contribution in [3.63, 3.8) is 0 Å². The first-order valence-electron chi connectivity index (χ1n) is 7.15. The number of carbonyl (C=O) groups excluding carboxylic acids is 1. The molecule has 0 radical (unpaired) electrons. The Balaban J connectivity index is 2.03. The van der Waals surface area contributed by atoms with Gasteiger partial charge in [0.2, 0.25) is 5.91 Å². The Bertz CT molecular complexity index is 578. The molecular formula is C18H20ClNO. The Morgan fingerprint density at radius 2 is 1.67 bits per heavy atom. The first-order chi connectivity index (χ1) is 10.1. The first-order valence-corrected chi connectivity index (χ1v) is 7.53. The van der Waals surface area contributed by atoms with Gasteiger partial charge in [0.1, 0.15) is 0 Å². The number of rotatable bonds is 5. The molecule has 2 aromatic rings. The van der Waals surface area contributed by atoms with Crippen molar-refractivity contribution < 1.29 is 4.79 Å². The highest BCUT2D eigenvalue weighted by Crippen LogP contribution is 2.21. The van der Waals surface area contributed by atoms with Gasteiger partial charge in [0.05, 0.1) is 12.5 Å². The molecule has 0 spiro atoms. The maximum Gasteiger partial charge on any atom is 0.224 e. The lowest BCUT2D eigenvalue weighted by Gasteiger charge is -2.23. The largest absolute Gasteiger partial charge is 0.349 e. The number of hydrogen-bond donors (Lipinski definition) is 1. The molecule has 2 aromatic carbocycles. The van der Waals surface area contributed by atoms with E-state index in [0.717, 1.165) is 11.1 Å². The van der Waals surface area contributed by atoms with E-state index in [4.69, 9.17) is 11.6 Å². The Labute approximate surface area is 131 Å². The third kappa shape index (κ3) is 4.61. The topological polar surface area (TPSA) is 29.1 Å². The van der Waals surface area contributed by atoms with Crippen molar-refractivity contribution in [2.24, 2.45) is 5.92 Å². The van der Waals surface area contributed by atoms with Crippen molar-refractivity contribution in [2.75, 3.05) is 0 Å². The second-order valence-electron chi connectivity index (χ2n) is 5.50. The lowest BCUT2D eigenvalue weighted by atomic mass is 9.95. The standard InChI is InChI=1S/C18H20ClNO/c1-13(2)18(15-6-4-3-5-7-15)20-17(21)12-14-8-10-16(19)11-9-14/h3-11,13,18H,12H2,1-2H3,(H,20,21). The van der Waals surface area contributed by atoms with Crippen LogP contribution in [0.3, 0.4) is 0 Å². The number of carbonyl (C=O) groups is 1. The van der Waals surface area contributed by atoms with Crippen LogP contribution in [0.1, 0.15) is 31.0 Å². The van der Waals surface area contributed by atoms with Crippen LogP contribution < -0.4 is 5.32 Å². The Kier molecular flexibility index (Phi) is 5.40. The van der Waals surface area contributed by atoms with Gasteiger partial charge in [-0.15, -0.1) is 0 Å². The van der Waals surface area contributed by atoms with Crippen LogP contribution >= 0.6 is 11.6 Å². The van der Waals surface area contributed by atoms with Gasteiger partial charge in [-0.3, -0.25) is 4.79 Å². The lowest BCUT2D eigenvalue weighted by molar-refractivity contribution is -0.121. The van der Waals surface area contributed by atoms with E-state index in [1.165, 1.54) is 0 Å². The normalized spacial score (nSPS) is 12.2. The van der Waals surface area contributed by atoms with Crippen molar-refractivity contribution in [1.82, 2.24) is 5.32 Å². The van der Waals surface area contributed by atoms with Crippen LogP contribution in [0.15, 0.2) is 54.6 Å². The molecule has 0 heterocycles. The molecule has 0 aliphatic carbocycles. The first kappa shape index (κ1) is 15.6. The van der Waals surface area contributed by atoms with E-state index >= 15 is 0 Å². The average molecular weight is 302 g/mol. The third-order valence-electron chi connectivity index (χ3n) is 3.42. The SMILES string of the molecule is CC(C)C(NC(=O)Cc1ccc(Cl)cc1)c1ccccc1. The van der Waals surface area contributed by atoms with Crippen LogP contribution in [0.5, 0.6) is 0 Å². The van der Waals surface area contributed by atoms with Crippen molar-refractivity contribution >= 4 is 17.5 Å². The maximum atomic E-state index is 12.2. The summed E-state index contributed by atoms with van der Waals surface area (Å²) in [5.41, 5.74) is 2.10. The highest BCUT2D eigenvalue weighted by molar-refractivity contribution is 6.30. The minimum absolute atomic E-state index is 0.0277. The number of halogens is 1. The van der Waals surface area contributed by atoms with Crippen molar-refractivity contribution in [1.29, 1.82) is 0 Å². The molecule has 0 aliphatic rings. The second kappa shape index (κ2) is 7.28. The quantitative estimate of drug-likeness (QED) is 0.871. The zero-order valence-electron chi connectivity index (χ0n) is 12.3. The van der Waals surface area contributed by atoms with Crippen LogP contribution in [-0.4, -0.2) is 5.91 Å². The van der Waals surface area contributed by atoms with Crippen LogP contribution in [0, 0.1) is 5.92 Å². The Hall–Kier alpha value is -1.80. The predicted octanol–water partition coefficient (Wildman–Crippen LogP) is 4.40. The smallest absolute Gasteiger partial charge is 0.224 e. The molecule has 1 N–H and O–H groups in total. The summed E-state index contributed by atoms with van der Waals surface area (Å²) in [6.07, 6.45) is 0.368. The number of nitrogens with one attached hydrogen (secondary N) is 1. The molecule has 110 valence electrons. The minimum atomic E-state index is 0.0277. The number of hydrogen-bond acceptors (Lipinski definition) is 1. The van der Waals surface area contributed by atoms with Crippen molar-refractivity contribution in [2.45, 2.75) is 26.3 Å². The molecule has 0 saturated carbocycles. The molecule has 0 aliphatic heterocycles. The van der Waals surface area contributed by atoms with E-state index in [2.05, 4.69) is 19.2 Å². The monoisotopic (exact) mass is 301 g/mol. The molecule has 2 rings (SSSR count). The average Bonchev–Trinajstić information content (AvgIpc) is 2.48. The molecule has 1 unspecified atom stereocenters. The van der Waals surface area contributed by atoms with Gasteiger partial charge in [0.25, 0.3) is 0 Å². The van der Waals surface area contributed by atoms with Gasteiger partial charge in [-0.05, 0) is 29.2 Å². The van der Waals surface area contributed by atoms with Crippen molar-refractivity contribution in [3.05, 3.63) is 70.7 Å². The molecule has 0 aromatic heterocycles. The second-order valence-corrected chi connectivity index (χ2v) is 5.94. The summed E-state index contributed by atoms with van der Waals surface area (Å²) in [4.78, 5) is 12.2. The maximum absolute atomic E-state index is 12.2. The molecule has 1 atom stereocenters. The molecule has 0 saturated heterocycles. The van der Waals surface area contributed by atoms with Gasteiger partial charge < -0.3 is 5.32 Å². The van der Waals surface area contributed by atoms with Gasteiger partial charge in [-0.25, -0.2) is 0 Å². The summed E-state index contributed by atoms with van der Waals surface area (Å²) in [5, 5.41) is 3.81. The van der Waals surface area contributed by atoms with E-state index in [0.29, 0.717) is 17.4 Å². The minimum Gasteiger partial charge on any atom is -0.349 e. The molecule has 3 heteroatoms. The summed E-state index contributed by atoms with van der Waals surface area (Å²) < 4.78 is 0. The van der Waals surface area contributed by atoms with Gasteiger partial charge in [-0.2, -0.15) is 0 Å². The molecule has 0 fully saturated rings. The van der Waals surface area contributed by atoms with Crippen LogP contribution in [0.4, 0.5) is 0 Å². The Morgan fingerprint density at radius 3 is 2.24 bits per heavy atom. The summed E-state index contributed by atoms with van der Waals surface area (Å²) in [6, 6.07) is 17.5. The van der Waals surface area contributed by atoms with Crippen molar-refractivity contribution in [3.8, 4) is 0 Å². The van der Waals surface area contributed by atoms with Crippen LogP contribution in [0.2, 0.25) is 5.02 Å². The Morgan fingerprint density at radius 1 is 1.05 bits per heavy atom. The fraction of sp³-hybridized carbons (Fsp3) is 0.278. The lowest BCUT2D eigenvalue weighted by Crippen LogP contribution is -2.32. The third-order valence-corrected chi connectivity index (χ3v) is 3.67. The highest BCUT2D eigenvalue weighted by Gasteiger charge is 2.18. The fourth-order valence-electron chi connectivity index (χ4n) is 2.31. The number of amides is 1. The molecule has 2 nitrogen and oxygen atoms in total. The van der Waals surface area contributed by atoms with E-state index in [9.17, 15) is 4.79 Å². The summed E-state index contributed by atoms with van der Waals surface area (Å²) in [6.45, 7) is 4.22. The summed E-state index contributed by atoms with van der Waals surface area (Å²) >= 11 is 5.85. The van der Waals surface area contributed by atoms with E-state index in [1.807, 2.05) is 42.5 Å². The highest BCUT2D eigenvalue weighted by atomic mass is 35.5. The van der Waals surface area contributed by atoms with Gasteiger partial charge in [0, 0.05) is 5.02 Å². The van der Waals surface area contributed by atoms with E-state index in [-0.39, 0.29) is 11.9 Å². The molecular weight excluding hydrogens is 282 g/mol. The van der Waals surface area contributed by atoms with E-state index < -0.39 is 0 Å². The summed E-state index contributed by atoms with van der Waals surface area (Å²) in [7, 11) is 0. The van der Waals surface area contributed by atoms with Crippen LogP contribution in [-0.2, 0) is 11.2 Å².